The van der Waals surface area contributed by atoms with Gasteiger partial charge in [0.15, 0.2) is 0 Å². The quantitative estimate of drug-likeness (QED) is 0.253. The van der Waals surface area contributed by atoms with Crippen LogP contribution in [0.4, 0.5) is 0 Å². The molecule has 0 aliphatic heterocycles. The van der Waals surface area contributed by atoms with Gasteiger partial charge in [-0.1, -0.05) is 115 Å². The van der Waals surface area contributed by atoms with Gasteiger partial charge in [0.2, 0.25) is 0 Å². The van der Waals surface area contributed by atoms with E-state index in [9.17, 15) is 0 Å². The molecule has 2 heteroatoms. The molecule has 4 aliphatic carbocycles. The summed E-state index contributed by atoms with van der Waals surface area (Å²) in [4.78, 5) is 0. The van der Waals surface area contributed by atoms with Gasteiger partial charge in [0.1, 0.15) is 0 Å². The fourth-order valence-corrected chi connectivity index (χ4v) is 10.2. The molecule has 4 fully saturated rings. The first kappa shape index (κ1) is 33.7. The SMILES string of the molecule is CC(C)(C)C.CC1CCC(C)C2C(CCCC3C(C)C(C)C4C(C)CCC(C)C34)C(C)C(C)C12.II. The summed E-state index contributed by atoms with van der Waals surface area (Å²) >= 11 is 4.24. The summed E-state index contributed by atoms with van der Waals surface area (Å²) in [7, 11) is 0. The van der Waals surface area contributed by atoms with Crippen molar-refractivity contribution in [2.45, 2.75) is 128 Å². The lowest BCUT2D eigenvalue weighted by molar-refractivity contribution is 0.0782. The lowest BCUT2D eigenvalue weighted by Crippen LogP contribution is -2.34. The van der Waals surface area contributed by atoms with E-state index in [1.54, 1.807) is 0 Å². The molecule has 0 spiro atoms. The van der Waals surface area contributed by atoms with Crippen molar-refractivity contribution in [1.82, 2.24) is 0 Å². The predicted molar refractivity (Wildman–Crippen MR) is 180 cm³/mol. The molecule has 0 aromatic heterocycles. The Balaban J connectivity index is 0.000000583. The van der Waals surface area contributed by atoms with E-state index in [0.717, 1.165) is 82.9 Å². The highest BCUT2D eigenvalue weighted by Crippen LogP contribution is 2.60. The van der Waals surface area contributed by atoms with Crippen LogP contribution in [0.2, 0.25) is 0 Å². The molecule has 36 heavy (non-hydrogen) atoms. The third-order valence-electron chi connectivity index (χ3n) is 12.0. The summed E-state index contributed by atoms with van der Waals surface area (Å²) in [6.45, 7) is 29.5. The van der Waals surface area contributed by atoms with E-state index in [-0.39, 0.29) is 0 Å². The number of hydrogen-bond donors (Lipinski definition) is 0. The smallest absolute Gasteiger partial charge is 0 e. The molecule has 4 aliphatic rings. The average molecular weight is 727 g/mol. The molecule has 0 aromatic rings. The Bertz CT molecular complexity index is 584. The molecule has 0 saturated heterocycles. The highest BCUT2D eigenvalue weighted by atomic mass is 128. The van der Waals surface area contributed by atoms with E-state index >= 15 is 0 Å². The van der Waals surface area contributed by atoms with E-state index in [1.807, 2.05) is 0 Å². The van der Waals surface area contributed by atoms with Gasteiger partial charge >= 0.3 is 0 Å². The van der Waals surface area contributed by atoms with Gasteiger partial charge < -0.3 is 0 Å². The first-order valence-corrected chi connectivity index (χ1v) is 22.2. The highest BCUT2D eigenvalue weighted by molar-refractivity contribution is 15.0. The van der Waals surface area contributed by atoms with Crippen molar-refractivity contribution in [3.05, 3.63) is 0 Å². The van der Waals surface area contributed by atoms with Gasteiger partial charge in [-0.05, 0) is 101 Å². The van der Waals surface area contributed by atoms with Crippen molar-refractivity contribution in [3.63, 3.8) is 0 Å². The molecule has 0 bridgehead atoms. The highest BCUT2D eigenvalue weighted by Gasteiger charge is 2.53. The largest absolute Gasteiger partial charge is 0.0622 e. The zero-order chi connectivity index (χ0) is 27.5. The average Bonchev–Trinajstić information content (AvgIpc) is 3.21. The van der Waals surface area contributed by atoms with E-state index in [0.29, 0.717) is 5.41 Å². The Hall–Kier alpha value is 1.46. The second-order valence-corrected chi connectivity index (χ2v) is 16.1. The monoisotopic (exact) mass is 726 g/mol. The minimum atomic E-state index is 0.500. The predicted octanol–water partition coefficient (Wildman–Crippen LogP) is 12.4. The van der Waals surface area contributed by atoms with Crippen molar-refractivity contribution in [2.24, 2.45) is 88.3 Å². The van der Waals surface area contributed by atoms with Gasteiger partial charge in [-0.25, -0.2) is 0 Å². The zero-order valence-electron chi connectivity index (χ0n) is 26.3. The molecular formula is C34H64I2. The lowest BCUT2D eigenvalue weighted by atomic mass is 9.64. The Morgan fingerprint density at radius 3 is 1.00 bits per heavy atom. The Kier molecular flexibility index (Phi) is 13.4. The van der Waals surface area contributed by atoms with Crippen molar-refractivity contribution < 1.29 is 0 Å². The van der Waals surface area contributed by atoms with Crippen molar-refractivity contribution in [3.8, 4) is 0 Å². The minimum absolute atomic E-state index is 0.500. The van der Waals surface area contributed by atoms with Gasteiger partial charge in [-0.2, -0.15) is 0 Å². The minimum Gasteiger partial charge on any atom is -0.0622 e. The van der Waals surface area contributed by atoms with Crippen molar-refractivity contribution in [2.75, 3.05) is 0 Å². The van der Waals surface area contributed by atoms with E-state index < -0.39 is 0 Å². The Morgan fingerprint density at radius 2 is 0.722 bits per heavy atom. The van der Waals surface area contributed by atoms with Crippen molar-refractivity contribution >= 4 is 37.2 Å². The molecule has 14 unspecified atom stereocenters. The Morgan fingerprint density at radius 1 is 0.472 bits per heavy atom. The van der Waals surface area contributed by atoms with Gasteiger partial charge in [0.05, 0.1) is 0 Å². The van der Waals surface area contributed by atoms with Crippen LogP contribution in [0.25, 0.3) is 0 Å². The number of halogens is 2. The van der Waals surface area contributed by atoms with Crippen LogP contribution < -0.4 is 0 Å². The molecule has 4 saturated carbocycles. The second-order valence-electron chi connectivity index (χ2n) is 16.1. The van der Waals surface area contributed by atoms with Gasteiger partial charge in [-0.3, -0.25) is 0 Å². The molecule has 0 aromatic carbocycles. The molecule has 214 valence electrons. The zero-order valence-corrected chi connectivity index (χ0v) is 30.6. The number of rotatable bonds is 4. The van der Waals surface area contributed by atoms with Crippen molar-refractivity contribution in [1.29, 1.82) is 0 Å². The fourth-order valence-electron chi connectivity index (χ4n) is 10.2. The van der Waals surface area contributed by atoms with Crippen LogP contribution in [-0.4, -0.2) is 0 Å². The molecule has 0 heterocycles. The lowest BCUT2D eigenvalue weighted by Gasteiger charge is -2.41. The molecule has 0 radical (unpaired) electrons. The summed E-state index contributed by atoms with van der Waals surface area (Å²) in [5.41, 5.74) is 0.500. The third-order valence-corrected chi connectivity index (χ3v) is 12.0. The fraction of sp³-hybridized carbons (Fsp3) is 1.00. The summed E-state index contributed by atoms with van der Waals surface area (Å²) in [6.07, 6.45) is 10.5. The standard InChI is InChI=1S/C29H52.C5H12.I2/c1-16-12-14-18(3)28-24(20(5)22(7)26(16)28)10-9-11-25-21(6)23(8)27-17(2)13-15-19(4)29(25)27;1-5(2,3)4;1-2/h16-29H,9-15H2,1-8H3;1-4H3;. The van der Waals surface area contributed by atoms with Gasteiger partial charge in [0, 0.05) is 37.2 Å². The van der Waals surface area contributed by atoms with Crippen LogP contribution >= 0.6 is 37.2 Å². The summed E-state index contributed by atoms with van der Waals surface area (Å²) in [5.74, 6) is 13.8. The van der Waals surface area contributed by atoms with E-state index in [1.165, 1.54) is 44.9 Å². The van der Waals surface area contributed by atoms with Crippen LogP contribution in [-0.2, 0) is 0 Å². The molecular weight excluding hydrogens is 662 g/mol. The maximum atomic E-state index is 2.62. The first-order chi connectivity index (χ1) is 16.7. The summed E-state index contributed by atoms with van der Waals surface area (Å²) in [5, 5.41) is 0. The topological polar surface area (TPSA) is 0 Å². The van der Waals surface area contributed by atoms with E-state index in [4.69, 9.17) is 0 Å². The van der Waals surface area contributed by atoms with Crippen LogP contribution in [0.15, 0.2) is 0 Å². The van der Waals surface area contributed by atoms with Crippen LogP contribution in [0, 0.1) is 88.3 Å². The van der Waals surface area contributed by atoms with Crippen LogP contribution in [0.5, 0.6) is 0 Å². The summed E-state index contributed by atoms with van der Waals surface area (Å²) in [6, 6.07) is 0. The second kappa shape index (κ2) is 14.4. The normalized spacial score (nSPS) is 48.2. The molecule has 14 atom stereocenters. The van der Waals surface area contributed by atoms with Crippen LogP contribution in [0.3, 0.4) is 0 Å². The third kappa shape index (κ3) is 7.80. The number of hydrogen-bond acceptors (Lipinski definition) is 0. The maximum Gasteiger partial charge on any atom is 0 e. The van der Waals surface area contributed by atoms with Gasteiger partial charge in [-0.15, -0.1) is 0 Å². The summed E-state index contributed by atoms with van der Waals surface area (Å²) < 4.78 is 0. The van der Waals surface area contributed by atoms with Gasteiger partial charge in [0.25, 0.3) is 0 Å². The number of fused-ring (bicyclic) bond motifs is 2. The molecule has 0 amide bonds. The molecule has 0 nitrogen and oxygen atoms in total. The first-order valence-electron chi connectivity index (χ1n) is 15.9. The molecule has 0 N–H and O–H groups in total. The maximum absolute atomic E-state index is 2.62. The Labute approximate surface area is 251 Å². The van der Waals surface area contributed by atoms with E-state index in [2.05, 4.69) is 120 Å². The van der Waals surface area contributed by atoms with Crippen LogP contribution in [0.1, 0.15) is 128 Å². The molecule has 4 rings (SSSR count).